The zero-order valence-corrected chi connectivity index (χ0v) is 20.2. The Morgan fingerprint density at radius 1 is 0.697 bits per heavy atom. The lowest BCUT2D eigenvalue weighted by Crippen LogP contribution is -2.43. The largest absolute Gasteiger partial charge is 0.356 e. The molecule has 4 aromatic rings. The fourth-order valence-electron chi connectivity index (χ4n) is 4.53. The Morgan fingerprint density at radius 2 is 1.27 bits per heavy atom. The van der Waals surface area contributed by atoms with Gasteiger partial charge in [0, 0.05) is 0 Å². The molecule has 0 unspecified atom stereocenters. The first-order valence-corrected chi connectivity index (χ1v) is 11.8. The summed E-state index contributed by atoms with van der Waals surface area (Å²) in [6.45, 7) is 2.16. The van der Waals surface area contributed by atoms with Gasteiger partial charge >= 0.3 is 0 Å². The predicted molar refractivity (Wildman–Crippen MR) is 143 cm³/mol. The summed E-state index contributed by atoms with van der Waals surface area (Å²) in [5, 5.41) is 10.3. The van der Waals surface area contributed by atoms with Crippen LogP contribution >= 0.6 is 12.2 Å². The van der Waals surface area contributed by atoms with Gasteiger partial charge in [0.25, 0.3) is 0 Å². The molecule has 168 valence electrons. The van der Waals surface area contributed by atoms with Crippen LogP contribution in [0.2, 0.25) is 0 Å². The van der Waals surface area contributed by atoms with E-state index in [1.165, 1.54) is 27.5 Å². The van der Waals surface area contributed by atoms with Crippen molar-refractivity contribution in [3.05, 3.63) is 120 Å². The molecule has 0 radical (unpaired) electrons. The van der Waals surface area contributed by atoms with Gasteiger partial charge in [0.1, 0.15) is 0 Å². The zero-order valence-electron chi connectivity index (χ0n) is 19.4. The smallest absolute Gasteiger partial charge is 0.167 e. The Balaban J connectivity index is 1.60. The maximum atomic E-state index is 5.84. The number of nitrogens with zero attached hydrogens (tertiary/aromatic N) is 1. The first kappa shape index (κ1) is 23.0. The Kier molecular flexibility index (Phi) is 7.38. The highest BCUT2D eigenvalue weighted by Gasteiger charge is 2.27. The van der Waals surface area contributed by atoms with Crippen LogP contribution in [-0.2, 0) is 0 Å². The fraction of sp³-hybridized carbons (Fsp3) is 0.207. The van der Waals surface area contributed by atoms with E-state index < -0.39 is 0 Å². The molecular weight excluding hydrogens is 422 g/mol. The van der Waals surface area contributed by atoms with Crippen molar-refractivity contribution in [1.29, 1.82) is 0 Å². The van der Waals surface area contributed by atoms with Crippen LogP contribution in [0.5, 0.6) is 0 Å². The quantitative estimate of drug-likeness (QED) is 0.316. The molecule has 4 rings (SSSR count). The van der Waals surface area contributed by atoms with Gasteiger partial charge in [-0.2, -0.15) is 0 Å². The van der Waals surface area contributed by atoms with Gasteiger partial charge in [-0.25, -0.2) is 0 Å². The van der Waals surface area contributed by atoms with Crippen molar-refractivity contribution in [1.82, 2.24) is 15.5 Å². The molecule has 0 saturated carbocycles. The van der Waals surface area contributed by atoms with E-state index in [1.807, 2.05) is 6.07 Å². The predicted octanol–water partition coefficient (Wildman–Crippen LogP) is 6.41. The van der Waals surface area contributed by atoms with Gasteiger partial charge in [0.2, 0.25) is 0 Å². The van der Waals surface area contributed by atoms with Gasteiger partial charge in [-0.1, -0.05) is 103 Å². The summed E-state index contributed by atoms with van der Waals surface area (Å²) in [5.41, 5.74) is 3.68. The second-order valence-electron chi connectivity index (χ2n) is 8.62. The number of rotatable bonds is 7. The van der Waals surface area contributed by atoms with Gasteiger partial charge in [-0.15, -0.1) is 0 Å². The summed E-state index contributed by atoms with van der Waals surface area (Å²) in [4.78, 5) is 2.25. The molecule has 0 aromatic heterocycles. The van der Waals surface area contributed by atoms with Crippen LogP contribution in [0.25, 0.3) is 10.8 Å². The van der Waals surface area contributed by atoms with Crippen molar-refractivity contribution in [3.63, 3.8) is 0 Å². The van der Waals surface area contributed by atoms with Crippen LogP contribution in [0.4, 0.5) is 0 Å². The molecule has 0 saturated heterocycles. The molecule has 0 bridgehead atoms. The van der Waals surface area contributed by atoms with Crippen LogP contribution in [0.3, 0.4) is 0 Å². The second kappa shape index (κ2) is 10.6. The number of fused-ring (bicyclic) bond motifs is 1. The second-order valence-corrected chi connectivity index (χ2v) is 9.02. The molecule has 0 aliphatic carbocycles. The molecule has 4 aromatic carbocycles. The van der Waals surface area contributed by atoms with E-state index in [9.17, 15) is 0 Å². The Morgan fingerprint density at radius 3 is 1.94 bits per heavy atom. The number of benzene rings is 4. The SMILES string of the molecule is C[C@H](NC(=S)N[C@H](c1ccccc1)[C@@H](c1ccccc1)N(C)C)c1cccc2ccccc12. The molecule has 0 amide bonds. The summed E-state index contributed by atoms with van der Waals surface area (Å²) in [6.07, 6.45) is 0. The number of nitrogens with one attached hydrogen (secondary N) is 2. The highest BCUT2D eigenvalue weighted by molar-refractivity contribution is 7.80. The van der Waals surface area contributed by atoms with Crippen molar-refractivity contribution in [2.75, 3.05) is 14.1 Å². The Labute approximate surface area is 202 Å². The van der Waals surface area contributed by atoms with Gasteiger partial charge in [0.15, 0.2) is 5.11 Å². The summed E-state index contributed by atoms with van der Waals surface area (Å²) in [5.74, 6) is 0. The Hall–Kier alpha value is -3.21. The summed E-state index contributed by atoms with van der Waals surface area (Å²) in [6, 6.07) is 36.2. The molecule has 3 nitrogen and oxygen atoms in total. The summed E-state index contributed by atoms with van der Waals surface area (Å²) >= 11 is 5.84. The van der Waals surface area contributed by atoms with E-state index in [-0.39, 0.29) is 18.1 Å². The Bertz CT molecular complexity index is 1190. The molecule has 0 heterocycles. The van der Waals surface area contributed by atoms with Crippen LogP contribution < -0.4 is 10.6 Å². The molecular formula is C29H31N3S. The summed E-state index contributed by atoms with van der Waals surface area (Å²) < 4.78 is 0. The van der Waals surface area contributed by atoms with E-state index in [0.29, 0.717) is 5.11 Å². The highest BCUT2D eigenvalue weighted by Crippen LogP contribution is 2.33. The lowest BCUT2D eigenvalue weighted by molar-refractivity contribution is 0.246. The number of thiocarbonyl (C=S) groups is 1. The molecule has 0 aliphatic heterocycles. The van der Waals surface area contributed by atoms with Crippen LogP contribution in [0.1, 0.15) is 41.7 Å². The van der Waals surface area contributed by atoms with Crippen molar-refractivity contribution >= 4 is 28.1 Å². The first-order chi connectivity index (χ1) is 16.0. The van der Waals surface area contributed by atoms with Crippen molar-refractivity contribution < 1.29 is 0 Å². The number of hydrogen-bond acceptors (Lipinski definition) is 2. The average molecular weight is 454 g/mol. The minimum atomic E-state index is -0.0108. The number of hydrogen-bond donors (Lipinski definition) is 2. The molecule has 0 spiro atoms. The topological polar surface area (TPSA) is 27.3 Å². The first-order valence-electron chi connectivity index (χ1n) is 11.4. The molecule has 33 heavy (non-hydrogen) atoms. The fourth-order valence-corrected chi connectivity index (χ4v) is 4.83. The lowest BCUT2D eigenvalue weighted by Gasteiger charge is -2.35. The molecule has 0 aliphatic rings. The zero-order chi connectivity index (χ0) is 23.2. The minimum Gasteiger partial charge on any atom is -0.356 e. The maximum absolute atomic E-state index is 5.84. The normalized spacial score (nSPS) is 13.9. The monoisotopic (exact) mass is 453 g/mol. The van der Waals surface area contributed by atoms with Crippen LogP contribution in [0, 0.1) is 0 Å². The van der Waals surface area contributed by atoms with Crippen molar-refractivity contribution in [2.24, 2.45) is 0 Å². The van der Waals surface area contributed by atoms with Crippen LogP contribution in [0.15, 0.2) is 103 Å². The third-order valence-electron chi connectivity index (χ3n) is 6.10. The van der Waals surface area contributed by atoms with Gasteiger partial charge in [-0.3, -0.25) is 0 Å². The van der Waals surface area contributed by atoms with E-state index in [1.54, 1.807) is 0 Å². The van der Waals surface area contributed by atoms with Crippen molar-refractivity contribution in [3.8, 4) is 0 Å². The standard InChI is InChI=1S/C29H31N3S/c1-21(25-20-12-18-22-13-10-11-19-26(22)25)30-29(33)31-27(23-14-6-4-7-15-23)28(32(2)3)24-16-8-5-9-17-24/h4-21,27-28H,1-3H3,(H2,30,31,33)/t21-,27+,28+/m0/s1. The maximum Gasteiger partial charge on any atom is 0.167 e. The number of likely N-dealkylation sites (N-methyl/N-ethyl adjacent to an activating group) is 1. The van der Waals surface area contributed by atoms with Gasteiger partial charge < -0.3 is 15.5 Å². The average Bonchev–Trinajstić information content (AvgIpc) is 2.84. The van der Waals surface area contributed by atoms with E-state index in [0.717, 1.165) is 0 Å². The molecule has 3 atom stereocenters. The molecule has 0 fully saturated rings. The molecule has 2 N–H and O–H groups in total. The van der Waals surface area contributed by atoms with Crippen LogP contribution in [-0.4, -0.2) is 24.1 Å². The summed E-state index contributed by atoms with van der Waals surface area (Å²) in [7, 11) is 4.23. The van der Waals surface area contributed by atoms with E-state index in [4.69, 9.17) is 12.2 Å². The third kappa shape index (κ3) is 5.41. The van der Waals surface area contributed by atoms with E-state index in [2.05, 4.69) is 134 Å². The van der Waals surface area contributed by atoms with Crippen molar-refractivity contribution in [2.45, 2.75) is 25.0 Å². The minimum absolute atomic E-state index is 0.0108. The van der Waals surface area contributed by atoms with Gasteiger partial charge in [0.05, 0.1) is 18.1 Å². The highest BCUT2D eigenvalue weighted by atomic mass is 32.1. The third-order valence-corrected chi connectivity index (χ3v) is 6.33. The lowest BCUT2D eigenvalue weighted by atomic mass is 9.92. The van der Waals surface area contributed by atoms with Gasteiger partial charge in [-0.05, 0) is 60.7 Å². The molecule has 4 heteroatoms. The van der Waals surface area contributed by atoms with E-state index >= 15 is 0 Å².